The number of nitrogen functional groups attached to an aromatic ring is 1. The lowest BCUT2D eigenvalue weighted by atomic mass is 10.1. The Kier molecular flexibility index (Phi) is 4.98. The Balaban J connectivity index is 3.07. The number of nitrogens with one attached hydrogen (secondary N) is 1. The zero-order valence-electron chi connectivity index (χ0n) is 10.1. The molecule has 0 radical (unpaired) electrons. The van der Waals surface area contributed by atoms with E-state index < -0.39 is 16.8 Å². The van der Waals surface area contributed by atoms with Crippen molar-refractivity contribution in [2.45, 2.75) is 13.0 Å². The second-order valence-corrected chi connectivity index (χ2v) is 5.90. The van der Waals surface area contributed by atoms with Crippen molar-refractivity contribution < 1.29 is 14.1 Å². The van der Waals surface area contributed by atoms with E-state index in [0.29, 0.717) is 11.4 Å². The molecule has 0 aliphatic carbocycles. The van der Waals surface area contributed by atoms with E-state index in [2.05, 4.69) is 5.32 Å². The maximum atomic E-state index is 11.1. The van der Waals surface area contributed by atoms with Crippen molar-refractivity contribution in [2.75, 3.05) is 23.1 Å². The Morgan fingerprint density at radius 1 is 1.61 bits per heavy atom. The monoisotopic (exact) mass is 290 g/mol. The van der Waals surface area contributed by atoms with Crippen LogP contribution in [0.25, 0.3) is 0 Å². The second-order valence-electron chi connectivity index (χ2n) is 4.02. The van der Waals surface area contributed by atoms with E-state index in [4.69, 9.17) is 22.4 Å². The summed E-state index contributed by atoms with van der Waals surface area (Å²) in [5.41, 5.74) is 6.15. The third-order valence-corrected chi connectivity index (χ3v) is 3.49. The summed E-state index contributed by atoms with van der Waals surface area (Å²) in [7, 11) is -0.975. The van der Waals surface area contributed by atoms with Crippen molar-refractivity contribution in [3.63, 3.8) is 0 Å². The maximum absolute atomic E-state index is 11.1. The van der Waals surface area contributed by atoms with E-state index in [0.717, 1.165) is 0 Å². The van der Waals surface area contributed by atoms with Gasteiger partial charge in [-0.25, -0.2) is 4.79 Å². The average molecular weight is 291 g/mol. The molecule has 0 amide bonds. The number of hydrogen-bond donors (Lipinski definition) is 3. The number of rotatable bonds is 5. The fraction of sp³-hybridized carbons (Fsp3) is 0.364. The van der Waals surface area contributed by atoms with Crippen molar-refractivity contribution in [1.82, 2.24) is 0 Å². The highest BCUT2D eigenvalue weighted by Gasteiger charge is 2.17. The molecule has 0 aromatic heterocycles. The third kappa shape index (κ3) is 3.89. The Bertz CT molecular complexity index is 493. The van der Waals surface area contributed by atoms with Gasteiger partial charge < -0.3 is 16.2 Å². The van der Waals surface area contributed by atoms with Gasteiger partial charge in [-0.1, -0.05) is 11.6 Å². The van der Waals surface area contributed by atoms with Crippen molar-refractivity contribution in [3.05, 3.63) is 22.7 Å². The van der Waals surface area contributed by atoms with E-state index in [1.807, 2.05) is 0 Å². The number of aromatic carboxylic acids is 1. The van der Waals surface area contributed by atoms with Crippen molar-refractivity contribution in [3.8, 4) is 0 Å². The smallest absolute Gasteiger partial charge is 0.337 e. The Morgan fingerprint density at radius 3 is 2.72 bits per heavy atom. The standard InChI is InChI=1S/C11H15ClN2O3S/c1-6(5-18(2)17)14-10-8(11(15)16)3-7(13)4-9(10)12/h3-4,6,14H,5,13H2,1-2H3,(H,15,16). The van der Waals surface area contributed by atoms with Crippen LogP contribution in [0, 0.1) is 0 Å². The zero-order valence-corrected chi connectivity index (χ0v) is 11.6. The SMILES string of the molecule is CC(CS(C)=O)Nc1c(Cl)cc(N)cc1C(=O)O. The minimum absolute atomic E-state index is 0.00809. The lowest BCUT2D eigenvalue weighted by Gasteiger charge is -2.17. The molecule has 0 bridgehead atoms. The van der Waals surface area contributed by atoms with E-state index in [-0.39, 0.29) is 22.3 Å². The van der Waals surface area contributed by atoms with Crippen molar-refractivity contribution in [1.29, 1.82) is 0 Å². The predicted molar refractivity (Wildman–Crippen MR) is 74.8 cm³/mol. The van der Waals surface area contributed by atoms with Crippen LogP contribution in [0.4, 0.5) is 11.4 Å². The molecule has 0 saturated carbocycles. The number of halogens is 1. The maximum Gasteiger partial charge on any atom is 0.337 e. The summed E-state index contributed by atoms with van der Waals surface area (Å²) in [6.45, 7) is 1.81. The minimum atomic E-state index is -1.11. The molecule has 2 unspecified atom stereocenters. The molecular weight excluding hydrogens is 276 g/mol. The van der Waals surface area contributed by atoms with Crippen LogP contribution in [0.2, 0.25) is 5.02 Å². The molecule has 5 nitrogen and oxygen atoms in total. The highest BCUT2D eigenvalue weighted by Crippen LogP contribution is 2.29. The summed E-state index contributed by atoms with van der Waals surface area (Å²) in [5, 5.41) is 12.3. The number of carbonyl (C=O) groups is 1. The number of anilines is 2. The first kappa shape index (κ1) is 14.8. The van der Waals surface area contributed by atoms with Crippen LogP contribution in [0.5, 0.6) is 0 Å². The highest BCUT2D eigenvalue weighted by molar-refractivity contribution is 7.84. The first-order valence-corrected chi connectivity index (χ1v) is 7.30. The molecule has 1 rings (SSSR count). The molecule has 18 heavy (non-hydrogen) atoms. The molecule has 2 atom stereocenters. The summed E-state index contributed by atoms with van der Waals surface area (Å²) in [6.07, 6.45) is 1.58. The average Bonchev–Trinajstić information content (AvgIpc) is 2.20. The number of carboxylic acid groups (broad SMARTS) is 1. The normalized spacial score (nSPS) is 13.9. The van der Waals surface area contributed by atoms with E-state index in [1.165, 1.54) is 12.1 Å². The molecule has 7 heteroatoms. The highest BCUT2D eigenvalue weighted by atomic mass is 35.5. The van der Waals surface area contributed by atoms with Gasteiger partial charge in [0.2, 0.25) is 0 Å². The van der Waals surface area contributed by atoms with Gasteiger partial charge in [-0.2, -0.15) is 0 Å². The zero-order chi connectivity index (χ0) is 13.9. The first-order valence-electron chi connectivity index (χ1n) is 5.20. The van der Waals surface area contributed by atoms with Crippen molar-refractivity contribution in [2.24, 2.45) is 0 Å². The van der Waals surface area contributed by atoms with Gasteiger partial charge in [0, 0.05) is 34.5 Å². The van der Waals surface area contributed by atoms with Gasteiger partial charge in [0.1, 0.15) is 0 Å². The molecule has 0 aliphatic heterocycles. The fourth-order valence-corrected chi connectivity index (χ4v) is 2.65. The molecule has 1 aromatic carbocycles. The molecule has 0 fully saturated rings. The molecule has 0 saturated heterocycles. The number of nitrogens with two attached hydrogens (primary N) is 1. The number of benzene rings is 1. The van der Waals surface area contributed by atoms with Gasteiger partial charge >= 0.3 is 5.97 Å². The molecule has 1 aromatic rings. The van der Waals surface area contributed by atoms with E-state index in [1.54, 1.807) is 13.2 Å². The van der Waals surface area contributed by atoms with Crippen LogP contribution in [0.3, 0.4) is 0 Å². The van der Waals surface area contributed by atoms with E-state index in [9.17, 15) is 9.00 Å². The molecule has 4 N–H and O–H groups in total. The van der Waals surface area contributed by atoms with Gasteiger partial charge in [-0.15, -0.1) is 0 Å². The topological polar surface area (TPSA) is 92.4 Å². The molecule has 0 aliphatic rings. The molecule has 100 valence electrons. The van der Waals surface area contributed by atoms with Crippen LogP contribution >= 0.6 is 11.6 Å². The Morgan fingerprint density at radius 2 is 2.22 bits per heavy atom. The van der Waals surface area contributed by atoms with Crippen LogP contribution in [-0.4, -0.2) is 33.3 Å². The van der Waals surface area contributed by atoms with Gasteiger partial charge in [-0.05, 0) is 19.1 Å². The fourth-order valence-electron chi connectivity index (χ4n) is 1.58. The Labute approximate surface area is 113 Å². The summed E-state index contributed by atoms with van der Waals surface area (Å²) >= 11 is 5.98. The lowest BCUT2D eigenvalue weighted by molar-refractivity contribution is 0.0698. The summed E-state index contributed by atoms with van der Waals surface area (Å²) in [6, 6.07) is 2.66. The quantitative estimate of drug-likeness (QED) is 0.719. The second kappa shape index (κ2) is 6.06. The summed E-state index contributed by atoms with van der Waals surface area (Å²) < 4.78 is 11.1. The van der Waals surface area contributed by atoms with Gasteiger partial charge in [0.05, 0.1) is 16.3 Å². The molecule has 0 spiro atoms. The van der Waals surface area contributed by atoms with Crippen LogP contribution in [-0.2, 0) is 10.8 Å². The van der Waals surface area contributed by atoms with Crippen LogP contribution in [0.15, 0.2) is 12.1 Å². The molecular formula is C11H15ClN2O3S. The van der Waals surface area contributed by atoms with Gasteiger partial charge in [-0.3, -0.25) is 4.21 Å². The number of carboxylic acids is 1. The Hall–Kier alpha value is -1.27. The lowest BCUT2D eigenvalue weighted by Crippen LogP contribution is -2.23. The summed E-state index contributed by atoms with van der Waals surface area (Å²) in [4.78, 5) is 11.1. The first-order chi connectivity index (χ1) is 8.31. The van der Waals surface area contributed by atoms with E-state index >= 15 is 0 Å². The third-order valence-electron chi connectivity index (χ3n) is 2.22. The minimum Gasteiger partial charge on any atom is -0.478 e. The van der Waals surface area contributed by atoms with Crippen LogP contribution < -0.4 is 11.1 Å². The van der Waals surface area contributed by atoms with Gasteiger partial charge in [0.25, 0.3) is 0 Å². The number of hydrogen-bond acceptors (Lipinski definition) is 4. The predicted octanol–water partition coefficient (Wildman–Crippen LogP) is 1.80. The van der Waals surface area contributed by atoms with Crippen molar-refractivity contribution >= 4 is 39.7 Å². The molecule has 0 heterocycles. The largest absolute Gasteiger partial charge is 0.478 e. The van der Waals surface area contributed by atoms with Crippen LogP contribution in [0.1, 0.15) is 17.3 Å². The summed E-state index contributed by atoms with van der Waals surface area (Å²) in [5.74, 6) is -0.712. The van der Waals surface area contributed by atoms with Gasteiger partial charge in [0.15, 0.2) is 0 Å².